The fourth-order valence-electron chi connectivity index (χ4n) is 2.06. The highest BCUT2D eigenvalue weighted by atomic mass is 32.1. The summed E-state index contributed by atoms with van der Waals surface area (Å²) in [6.07, 6.45) is 4.43. The van der Waals surface area contributed by atoms with Crippen molar-refractivity contribution in [2.24, 2.45) is 0 Å². The number of hydrogen-bond donors (Lipinski definition) is 1. The summed E-state index contributed by atoms with van der Waals surface area (Å²) in [5, 5.41) is 4.76. The molecule has 0 saturated carbocycles. The van der Waals surface area contributed by atoms with Crippen molar-refractivity contribution in [1.29, 1.82) is 0 Å². The van der Waals surface area contributed by atoms with E-state index in [1.807, 2.05) is 6.20 Å². The molecule has 1 rings (SSSR count). The fraction of sp³-hybridized carbons (Fsp3) is 0.786. The smallest absolute Gasteiger partial charge is 0.185 e. The first-order valence-corrected chi connectivity index (χ1v) is 7.78. The monoisotopic (exact) mass is 269 g/mol. The standard InChI is InChI=1S/C14H27N3S/c1-6-9-14(4,5)16-11-12-10-15-13(18-12)17(7-2)8-3/h10,16H,6-9,11H2,1-5H3. The van der Waals surface area contributed by atoms with E-state index in [0.717, 1.165) is 24.8 Å². The molecule has 0 amide bonds. The Morgan fingerprint density at radius 1 is 1.28 bits per heavy atom. The first-order valence-electron chi connectivity index (χ1n) is 6.97. The van der Waals surface area contributed by atoms with Gasteiger partial charge in [0.05, 0.1) is 0 Å². The molecule has 1 heterocycles. The maximum Gasteiger partial charge on any atom is 0.185 e. The first kappa shape index (κ1) is 15.4. The van der Waals surface area contributed by atoms with Crippen molar-refractivity contribution in [3.63, 3.8) is 0 Å². The Kier molecular flexibility index (Phi) is 6.09. The quantitative estimate of drug-likeness (QED) is 0.780. The molecular weight excluding hydrogens is 242 g/mol. The van der Waals surface area contributed by atoms with Crippen molar-refractivity contribution >= 4 is 16.5 Å². The van der Waals surface area contributed by atoms with Crippen LogP contribution in [-0.2, 0) is 6.54 Å². The lowest BCUT2D eigenvalue weighted by Gasteiger charge is -2.25. The van der Waals surface area contributed by atoms with Crippen LogP contribution in [0.2, 0.25) is 0 Å². The van der Waals surface area contributed by atoms with Crippen LogP contribution in [0.25, 0.3) is 0 Å². The summed E-state index contributed by atoms with van der Waals surface area (Å²) in [7, 11) is 0. The van der Waals surface area contributed by atoms with E-state index in [4.69, 9.17) is 0 Å². The topological polar surface area (TPSA) is 28.2 Å². The van der Waals surface area contributed by atoms with Crippen LogP contribution in [-0.4, -0.2) is 23.6 Å². The van der Waals surface area contributed by atoms with Gasteiger partial charge in [-0.15, -0.1) is 11.3 Å². The van der Waals surface area contributed by atoms with E-state index in [-0.39, 0.29) is 5.54 Å². The van der Waals surface area contributed by atoms with E-state index >= 15 is 0 Å². The lowest BCUT2D eigenvalue weighted by molar-refractivity contribution is 0.358. The Morgan fingerprint density at radius 2 is 1.94 bits per heavy atom. The van der Waals surface area contributed by atoms with Crippen LogP contribution in [0.3, 0.4) is 0 Å². The summed E-state index contributed by atoms with van der Waals surface area (Å²) in [6, 6.07) is 0. The Morgan fingerprint density at radius 3 is 2.50 bits per heavy atom. The van der Waals surface area contributed by atoms with Gasteiger partial charge in [0.15, 0.2) is 5.13 Å². The minimum Gasteiger partial charge on any atom is -0.349 e. The van der Waals surface area contributed by atoms with Crippen LogP contribution in [0.15, 0.2) is 6.20 Å². The van der Waals surface area contributed by atoms with Crippen molar-refractivity contribution in [2.75, 3.05) is 18.0 Å². The van der Waals surface area contributed by atoms with Gasteiger partial charge < -0.3 is 10.2 Å². The zero-order chi connectivity index (χ0) is 13.6. The molecule has 0 spiro atoms. The normalized spacial score (nSPS) is 11.8. The summed E-state index contributed by atoms with van der Waals surface area (Å²) in [6.45, 7) is 14.1. The molecule has 0 aromatic carbocycles. The lowest BCUT2D eigenvalue weighted by Crippen LogP contribution is -2.38. The second-order valence-electron chi connectivity index (χ2n) is 5.27. The summed E-state index contributed by atoms with van der Waals surface area (Å²) in [5.41, 5.74) is 0.216. The molecule has 0 aliphatic carbocycles. The molecule has 1 N–H and O–H groups in total. The Labute approximate surface area is 116 Å². The second-order valence-corrected chi connectivity index (χ2v) is 6.36. The molecule has 3 nitrogen and oxygen atoms in total. The molecule has 0 atom stereocenters. The highest BCUT2D eigenvalue weighted by Gasteiger charge is 2.16. The number of rotatable bonds is 8. The van der Waals surface area contributed by atoms with Crippen molar-refractivity contribution < 1.29 is 0 Å². The van der Waals surface area contributed by atoms with Gasteiger partial charge in [0.2, 0.25) is 0 Å². The first-order chi connectivity index (χ1) is 8.52. The predicted octanol–water partition coefficient (Wildman–Crippen LogP) is 3.66. The van der Waals surface area contributed by atoms with Gasteiger partial charge in [-0.1, -0.05) is 13.3 Å². The molecule has 0 bridgehead atoms. The van der Waals surface area contributed by atoms with Crippen molar-refractivity contribution in [3.8, 4) is 0 Å². The average Bonchev–Trinajstić information content (AvgIpc) is 2.77. The molecule has 18 heavy (non-hydrogen) atoms. The van der Waals surface area contributed by atoms with Crippen LogP contribution in [0.5, 0.6) is 0 Å². The van der Waals surface area contributed by atoms with Gasteiger partial charge in [0.25, 0.3) is 0 Å². The van der Waals surface area contributed by atoms with Crippen molar-refractivity contribution in [1.82, 2.24) is 10.3 Å². The van der Waals surface area contributed by atoms with Crippen LogP contribution in [0, 0.1) is 0 Å². The molecule has 0 radical (unpaired) electrons. The van der Waals surface area contributed by atoms with E-state index < -0.39 is 0 Å². The molecule has 1 aromatic rings. The molecule has 0 unspecified atom stereocenters. The summed E-state index contributed by atoms with van der Waals surface area (Å²) >= 11 is 1.80. The molecule has 104 valence electrons. The van der Waals surface area contributed by atoms with E-state index in [2.05, 4.69) is 49.8 Å². The number of anilines is 1. The predicted molar refractivity (Wildman–Crippen MR) is 81.5 cm³/mol. The van der Waals surface area contributed by atoms with Gasteiger partial charge >= 0.3 is 0 Å². The number of nitrogens with one attached hydrogen (secondary N) is 1. The van der Waals surface area contributed by atoms with Gasteiger partial charge in [-0.3, -0.25) is 0 Å². The number of thiazole rings is 1. The van der Waals surface area contributed by atoms with Crippen LogP contribution in [0.1, 0.15) is 52.3 Å². The van der Waals surface area contributed by atoms with Gasteiger partial charge in [0, 0.05) is 36.2 Å². The maximum absolute atomic E-state index is 4.51. The van der Waals surface area contributed by atoms with Gasteiger partial charge in [-0.25, -0.2) is 4.98 Å². The molecule has 4 heteroatoms. The van der Waals surface area contributed by atoms with Gasteiger partial charge in [-0.05, 0) is 34.1 Å². The molecule has 1 aromatic heterocycles. The SMILES string of the molecule is CCCC(C)(C)NCc1cnc(N(CC)CC)s1. The Balaban J connectivity index is 2.54. The average molecular weight is 269 g/mol. The van der Waals surface area contributed by atoms with Crippen LogP contribution >= 0.6 is 11.3 Å². The summed E-state index contributed by atoms with van der Waals surface area (Å²) < 4.78 is 0. The third-order valence-electron chi connectivity index (χ3n) is 3.19. The minimum atomic E-state index is 0.216. The number of hydrogen-bond acceptors (Lipinski definition) is 4. The second kappa shape index (κ2) is 7.10. The number of nitrogens with zero attached hydrogens (tertiary/aromatic N) is 2. The minimum absolute atomic E-state index is 0.216. The molecule has 0 saturated heterocycles. The fourth-order valence-corrected chi connectivity index (χ4v) is 3.04. The zero-order valence-corrected chi connectivity index (χ0v) is 13.2. The van der Waals surface area contributed by atoms with Gasteiger partial charge in [-0.2, -0.15) is 0 Å². The van der Waals surface area contributed by atoms with Gasteiger partial charge in [0.1, 0.15) is 0 Å². The molecular formula is C14H27N3S. The van der Waals surface area contributed by atoms with E-state index in [1.54, 1.807) is 11.3 Å². The molecule has 0 aliphatic heterocycles. The molecule has 0 aliphatic rings. The third kappa shape index (κ3) is 4.58. The zero-order valence-electron chi connectivity index (χ0n) is 12.4. The highest BCUT2D eigenvalue weighted by molar-refractivity contribution is 7.15. The lowest BCUT2D eigenvalue weighted by atomic mass is 9.99. The van der Waals surface area contributed by atoms with Crippen LogP contribution in [0.4, 0.5) is 5.13 Å². The van der Waals surface area contributed by atoms with Crippen molar-refractivity contribution in [2.45, 2.75) is 59.5 Å². The Bertz CT molecular complexity index is 343. The summed E-state index contributed by atoms with van der Waals surface area (Å²) in [4.78, 5) is 8.13. The highest BCUT2D eigenvalue weighted by Crippen LogP contribution is 2.23. The maximum atomic E-state index is 4.51. The Hall–Kier alpha value is -0.610. The largest absolute Gasteiger partial charge is 0.349 e. The molecule has 0 fully saturated rings. The van der Waals surface area contributed by atoms with E-state index in [9.17, 15) is 0 Å². The number of aromatic nitrogens is 1. The van der Waals surface area contributed by atoms with E-state index in [1.165, 1.54) is 17.7 Å². The third-order valence-corrected chi connectivity index (χ3v) is 4.25. The van der Waals surface area contributed by atoms with Crippen molar-refractivity contribution in [3.05, 3.63) is 11.1 Å². The van der Waals surface area contributed by atoms with E-state index in [0.29, 0.717) is 0 Å². The van der Waals surface area contributed by atoms with Crippen LogP contribution < -0.4 is 10.2 Å². The summed E-state index contributed by atoms with van der Waals surface area (Å²) in [5.74, 6) is 0.